The van der Waals surface area contributed by atoms with E-state index in [4.69, 9.17) is 4.74 Å². The highest BCUT2D eigenvalue weighted by Gasteiger charge is 2.39. The Morgan fingerprint density at radius 3 is 1.66 bits per heavy atom. The van der Waals surface area contributed by atoms with Crippen LogP contribution >= 0.6 is 0 Å². The zero-order valence-corrected chi connectivity index (χ0v) is 23.7. The van der Waals surface area contributed by atoms with Crippen LogP contribution < -0.4 is 4.74 Å². The summed E-state index contributed by atoms with van der Waals surface area (Å²) in [5, 5.41) is 0. The Morgan fingerprint density at radius 2 is 1.20 bits per heavy atom. The number of benzene rings is 2. The van der Waals surface area contributed by atoms with E-state index in [2.05, 4.69) is 93.5 Å². The van der Waals surface area contributed by atoms with Crippen LogP contribution in [0.3, 0.4) is 0 Å². The van der Waals surface area contributed by atoms with Gasteiger partial charge in [-0.2, -0.15) is 0 Å². The molecule has 0 radical (unpaired) electrons. The van der Waals surface area contributed by atoms with Crippen LogP contribution in [0.15, 0.2) is 36.4 Å². The SMILES string of the molecule is CC(=O)c1ccc(C(C)(C)CC(C)(C)C)cc1C1C(=O)Oc2ccc(C(C)(C)CC(C)(C)C)cc21. The molecule has 0 aromatic heterocycles. The third kappa shape index (κ3) is 6.05. The molecule has 0 saturated heterocycles. The summed E-state index contributed by atoms with van der Waals surface area (Å²) in [5.74, 6) is -0.339. The number of fused-ring (bicyclic) bond motifs is 1. The molecular formula is C32H44O3. The van der Waals surface area contributed by atoms with Gasteiger partial charge in [-0.1, -0.05) is 99.6 Å². The Hall–Kier alpha value is -2.42. The predicted molar refractivity (Wildman–Crippen MR) is 145 cm³/mol. The molecule has 3 nitrogen and oxygen atoms in total. The van der Waals surface area contributed by atoms with Crippen molar-refractivity contribution in [2.75, 3.05) is 0 Å². The van der Waals surface area contributed by atoms with Crippen LogP contribution in [-0.4, -0.2) is 11.8 Å². The average Bonchev–Trinajstić information content (AvgIpc) is 2.98. The van der Waals surface area contributed by atoms with Gasteiger partial charge < -0.3 is 4.74 Å². The third-order valence-corrected chi connectivity index (χ3v) is 7.02. The van der Waals surface area contributed by atoms with E-state index in [1.807, 2.05) is 12.1 Å². The van der Waals surface area contributed by atoms with Gasteiger partial charge in [0.2, 0.25) is 0 Å². The molecule has 2 aromatic rings. The van der Waals surface area contributed by atoms with Crippen LogP contribution in [0.25, 0.3) is 0 Å². The fourth-order valence-electron chi connectivity index (χ4n) is 6.28. The number of rotatable bonds is 6. The molecule has 0 N–H and O–H groups in total. The van der Waals surface area contributed by atoms with E-state index in [-0.39, 0.29) is 33.4 Å². The number of ether oxygens (including phenoxy) is 1. The van der Waals surface area contributed by atoms with Crippen molar-refractivity contribution < 1.29 is 14.3 Å². The van der Waals surface area contributed by atoms with Gasteiger partial charge in [-0.3, -0.25) is 9.59 Å². The van der Waals surface area contributed by atoms with Gasteiger partial charge in [0.25, 0.3) is 0 Å². The first-order chi connectivity index (χ1) is 15.8. The summed E-state index contributed by atoms with van der Waals surface area (Å²) < 4.78 is 5.73. The van der Waals surface area contributed by atoms with Crippen molar-refractivity contribution in [1.82, 2.24) is 0 Å². The van der Waals surface area contributed by atoms with Crippen molar-refractivity contribution in [1.29, 1.82) is 0 Å². The third-order valence-electron chi connectivity index (χ3n) is 7.02. The van der Waals surface area contributed by atoms with Crippen molar-refractivity contribution in [3.63, 3.8) is 0 Å². The Bertz CT molecular complexity index is 1140. The molecule has 190 valence electrons. The monoisotopic (exact) mass is 476 g/mol. The number of hydrogen-bond acceptors (Lipinski definition) is 3. The van der Waals surface area contributed by atoms with Gasteiger partial charge in [-0.05, 0) is 64.2 Å². The maximum absolute atomic E-state index is 13.3. The minimum absolute atomic E-state index is 0.0364. The lowest BCUT2D eigenvalue weighted by molar-refractivity contribution is -0.133. The summed E-state index contributed by atoms with van der Waals surface area (Å²) in [6.07, 6.45) is 1.99. The van der Waals surface area contributed by atoms with Crippen LogP contribution in [0.4, 0.5) is 0 Å². The average molecular weight is 477 g/mol. The molecule has 3 heteroatoms. The van der Waals surface area contributed by atoms with Gasteiger partial charge in [-0.25, -0.2) is 0 Å². The second-order valence-corrected chi connectivity index (χ2v) is 14.2. The van der Waals surface area contributed by atoms with Crippen LogP contribution in [0.2, 0.25) is 0 Å². The normalized spacial score (nSPS) is 16.8. The smallest absolute Gasteiger partial charge is 0.323 e. The van der Waals surface area contributed by atoms with Crippen molar-refractivity contribution in [2.24, 2.45) is 10.8 Å². The first-order valence-electron chi connectivity index (χ1n) is 12.8. The van der Waals surface area contributed by atoms with Crippen LogP contribution in [0, 0.1) is 10.8 Å². The van der Waals surface area contributed by atoms with E-state index in [0.717, 1.165) is 29.5 Å². The summed E-state index contributed by atoms with van der Waals surface area (Å²) in [7, 11) is 0. The summed E-state index contributed by atoms with van der Waals surface area (Å²) in [5.41, 5.74) is 4.68. The van der Waals surface area contributed by atoms with Gasteiger partial charge in [0.05, 0.1) is 0 Å². The van der Waals surface area contributed by atoms with Crippen LogP contribution in [-0.2, 0) is 15.6 Å². The number of esters is 1. The topological polar surface area (TPSA) is 43.4 Å². The number of ketones is 1. The molecule has 0 bridgehead atoms. The van der Waals surface area contributed by atoms with E-state index < -0.39 is 5.92 Å². The Labute approximate surface area is 212 Å². The number of hydrogen-bond donors (Lipinski definition) is 0. The van der Waals surface area contributed by atoms with Gasteiger partial charge in [0.15, 0.2) is 5.78 Å². The zero-order chi connectivity index (χ0) is 26.6. The zero-order valence-electron chi connectivity index (χ0n) is 23.7. The molecule has 1 atom stereocenters. The first kappa shape index (κ1) is 27.2. The lowest BCUT2D eigenvalue weighted by Crippen LogP contribution is -2.26. The molecule has 1 unspecified atom stereocenters. The van der Waals surface area contributed by atoms with Gasteiger partial charge in [0, 0.05) is 11.1 Å². The highest BCUT2D eigenvalue weighted by molar-refractivity contribution is 5.99. The Morgan fingerprint density at radius 1 is 0.743 bits per heavy atom. The molecule has 0 saturated carbocycles. The molecule has 0 fully saturated rings. The van der Waals surface area contributed by atoms with E-state index >= 15 is 0 Å². The summed E-state index contributed by atoms with van der Waals surface area (Å²) in [6.45, 7) is 24.0. The molecule has 0 spiro atoms. The highest BCUT2D eigenvalue weighted by atomic mass is 16.5. The Balaban J connectivity index is 2.16. The van der Waals surface area contributed by atoms with Crippen molar-refractivity contribution in [3.05, 3.63) is 64.2 Å². The van der Waals surface area contributed by atoms with E-state index in [9.17, 15) is 9.59 Å². The standard InChI is InChI=1S/C32H44O3/c1-20(33)23-14-12-21(31(8,9)18-29(2,3)4)16-24(23)27-25-17-22(13-15-26(25)35-28(27)34)32(10,11)19-30(5,6)7/h12-17,27H,18-19H2,1-11H3. The van der Waals surface area contributed by atoms with Crippen molar-refractivity contribution in [2.45, 2.75) is 106 Å². The van der Waals surface area contributed by atoms with Gasteiger partial charge in [0.1, 0.15) is 11.7 Å². The summed E-state index contributed by atoms with van der Waals surface area (Å²) in [6, 6.07) is 12.2. The first-order valence-corrected chi connectivity index (χ1v) is 12.8. The molecule has 1 aliphatic heterocycles. The van der Waals surface area contributed by atoms with E-state index in [1.165, 1.54) is 5.56 Å². The number of Topliss-reactive ketones (excluding diaryl/α,β-unsaturated/α-hetero) is 1. The molecule has 35 heavy (non-hydrogen) atoms. The fourth-order valence-corrected chi connectivity index (χ4v) is 6.28. The van der Waals surface area contributed by atoms with E-state index in [0.29, 0.717) is 11.3 Å². The minimum atomic E-state index is -0.598. The lowest BCUT2D eigenvalue weighted by Gasteiger charge is -2.34. The molecule has 0 amide bonds. The maximum Gasteiger partial charge on any atom is 0.323 e. The second kappa shape index (κ2) is 8.91. The molecule has 1 aliphatic rings. The summed E-state index contributed by atoms with van der Waals surface area (Å²) in [4.78, 5) is 25.9. The highest BCUT2D eigenvalue weighted by Crippen LogP contribution is 2.46. The second-order valence-electron chi connectivity index (χ2n) is 14.2. The fraction of sp³-hybridized carbons (Fsp3) is 0.562. The van der Waals surface area contributed by atoms with Crippen LogP contribution in [0.1, 0.15) is 128 Å². The quantitative estimate of drug-likeness (QED) is 0.239. The summed E-state index contributed by atoms with van der Waals surface area (Å²) >= 11 is 0. The number of carbonyl (C=O) groups excluding carboxylic acids is 2. The Kier molecular flexibility index (Phi) is 6.92. The molecule has 3 rings (SSSR count). The van der Waals surface area contributed by atoms with Crippen LogP contribution in [0.5, 0.6) is 5.75 Å². The minimum Gasteiger partial charge on any atom is -0.425 e. The van der Waals surface area contributed by atoms with Crippen molar-refractivity contribution >= 4 is 11.8 Å². The predicted octanol–water partition coefficient (Wildman–Crippen LogP) is 8.37. The number of carbonyl (C=O) groups is 2. The van der Waals surface area contributed by atoms with Gasteiger partial charge in [-0.15, -0.1) is 0 Å². The van der Waals surface area contributed by atoms with Gasteiger partial charge >= 0.3 is 5.97 Å². The maximum atomic E-state index is 13.3. The largest absolute Gasteiger partial charge is 0.425 e. The lowest BCUT2D eigenvalue weighted by atomic mass is 9.70. The van der Waals surface area contributed by atoms with E-state index in [1.54, 1.807) is 6.92 Å². The molecule has 1 heterocycles. The molecule has 2 aromatic carbocycles. The van der Waals surface area contributed by atoms with Crippen molar-refractivity contribution in [3.8, 4) is 5.75 Å². The molecular weight excluding hydrogens is 432 g/mol. The molecule has 0 aliphatic carbocycles.